The first kappa shape index (κ1) is 15.9. The van der Waals surface area contributed by atoms with Gasteiger partial charge >= 0.3 is 0 Å². The summed E-state index contributed by atoms with van der Waals surface area (Å²) in [5.74, 6) is 0. The predicted molar refractivity (Wildman–Crippen MR) is 89.3 cm³/mol. The van der Waals surface area contributed by atoms with Gasteiger partial charge < -0.3 is 14.7 Å². The summed E-state index contributed by atoms with van der Waals surface area (Å²) in [6.45, 7) is 1.45. The number of hydrogen-bond donors (Lipinski definition) is 1. The van der Waals surface area contributed by atoms with Crippen LogP contribution >= 0.6 is 36.2 Å². The summed E-state index contributed by atoms with van der Waals surface area (Å²) < 4.78 is 4.97. The van der Waals surface area contributed by atoms with Gasteiger partial charge in [-0.3, -0.25) is 0 Å². The van der Waals surface area contributed by atoms with Crippen LogP contribution in [0.15, 0.2) is 40.3 Å². The second kappa shape index (κ2) is 7.47. The van der Waals surface area contributed by atoms with E-state index in [0.29, 0.717) is 5.05 Å². The fourth-order valence-corrected chi connectivity index (χ4v) is 2.68. The number of ether oxygens (including phenoxy) is 1. The van der Waals surface area contributed by atoms with E-state index in [2.05, 4.69) is 29.3 Å². The summed E-state index contributed by atoms with van der Waals surface area (Å²) in [6, 6.07) is 8.27. The Hall–Kier alpha value is -1.11. The Morgan fingerprint density at radius 1 is 1.37 bits per heavy atom. The van der Waals surface area contributed by atoms with Gasteiger partial charge in [0.1, 0.15) is 0 Å². The highest BCUT2D eigenvalue weighted by atomic mass is 32.2. The number of hydrogen-bond acceptors (Lipinski definition) is 5. The smallest absolute Gasteiger partial charge is 0.186 e. The van der Waals surface area contributed by atoms with E-state index >= 15 is 0 Å². The summed E-state index contributed by atoms with van der Waals surface area (Å²) in [7, 11) is 3.62. The number of para-hydroxylation sites is 1. The molecule has 19 heavy (non-hydrogen) atoms. The molecular formula is C13H15NO2S3. The Kier molecular flexibility index (Phi) is 6.27. The zero-order valence-corrected chi connectivity index (χ0v) is 13.4. The van der Waals surface area contributed by atoms with E-state index in [0.717, 1.165) is 5.03 Å². The van der Waals surface area contributed by atoms with Crippen molar-refractivity contribution in [1.29, 1.82) is 0 Å². The normalized spacial score (nSPS) is 14.5. The molecule has 1 aliphatic heterocycles. The van der Waals surface area contributed by atoms with E-state index in [1.165, 1.54) is 17.5 Å². The third kappa shape index (κ3) is 4.81. The van der Waals surface area contributed by atoms with E-state index in [1.54, 1.807) is 18.9 Å². The lowest BCUT2D eigenvalue weighted by molar-refractivity contribution is 0.418. The molecule has 0 saturated carbocycles. The lowest BCUT2D eigenvalue weighted by atomic mass is 10.3. The molecule has 102 valence electrons. The third-order valence-electron chi connectivity index (χ3n) is 2.21. The van der Waals surface area contributed by atoms with Gasteiger partial charge in [-0.15, -0.1) is 0 Å². The van der Waals surface area contributed by atoms with Gasteiger partial charge in [-0.05, 0) is 36.6 Å². The molecule has 0 atom stereocenters. The molecule has 2 rings (SSSR count). The van der Waals surface area contributed by atoms with Crippen LogP contribution in [0.2, 0.25) is 0 Å². The number of fused-ring (bicyclic) bond motifs is 1. The van der Waals surface area contributed by atoms with Gasteiger partial charge in [0.2, 0.25) is 0 Å². The number of thioether (sulfide) groups is 1. The Balaban J connectivity index is 0.000000399. The lowest BCUT2D eigenvalue weighted by Gasteiger charge is -2.12. The average molecular weight is 313 g/mol. The van der Waals surface area contributed by atoms with Crippen LogP contribution in [-0.2, 0) is 4.74 Å². The van der Waals surface area contributed by atoms with Crippen molar-refractivity contribution in [2.45, 2.75) is 11.8 Å². The minimum Gasteiger partial charge on any atom is -0.502 e. The molecule has 0 unspecified atom stereocenters. The van der Waals surface area contributed by atoms with Gasteiger partial charge in [0, 0.05) is 24.9 Å². The van der Waals surface area contributed by atoms with Gasteiger partial charge in [0.25, 0.3) is 0 Å². The average Bonchev–Trinajstić information content (AvgIpc) is 2.66. The zero-order chi connectivity index (χ0) is 14.4. The van der Waals surface area contributed by atoms with Crippen LogP contribution in [0.25, 0.3) is 0 Å². The van der Waals surface area contributed by atoms with E-state index < -0.39 is 0 Å². The molecule has 0 fully saturated rings. The van der Waals surface area contributed by atoms with Crippen LogP contribution in [-0.4, -0.2) is 29.4 Å². The molecule has 1 heterocycles. The van der Waals surface area contributed by atoms with E-state index in [1.807, 2.05) is 25.3 Å². The van der Waals surface area contributed by atoms with Gasteiger partial charge in [-0.2, -0.15) is 0 Å². The molecule has 0 bridgehead atoms. The Morgan fingerprint density at radius 2 is 1.95 bits per heavy atom. The van der Waals surface area contributed by atoms with E-state index in [9.17, 15) is 0 Å². The first-order chi connectivity index (χ1) is 8.95. The van der Waals surface area contributed by atoms with Crippen molar-refractivity contribution in [1.82, 2.24) is 0 Å². The molecule has 0 spiro atoms. The number of anilines is 1. The molecule has 6 heteroatoms. The third-order valence-corrected chi connectivity index (χ3v) is 3.66. The van der Waals surface area contributed by atoms with Crippen LogP contribution in [0.5, 0.6) is 0 Å². The maximum atomic E-state index is 7.79. The number of benzene rings is 1. The first-order valence-corrected chi connectivity index (χ1v) is 7.08. The summed E-state index contributed by atoms with van der Waals surface area (Å²) >= 11 is 10.8. The minimum atomic E-state index is 0.000000000000000222. The fourth-order valence-electron chi connectivity index (χ4n) is 1.41. The van der Waals surface area contributed by atoms with Crippen molar-refractivity contribution in [3.05, 3.63) is 35.4 Å². The number of methoxy groups -OCH3 is 1. The molecule has 0 saturated heterocycles. The van der Waals surface area contributed by atoms with Gasteiger partial charge in [0.05, 0.1) is 17.8 Å². The Morgan fingerprint density at radius 3 is 2.47 bits per heavy atom. The highest BCUT2D eigenvalue weighted by Crippen LogP contribution is 2.44. The number of thiocarbonyl (C=S) groups is 2. The van der Waals surface area contributed by atoms with Crippen molar-refractivity contribution in [3.8, 4) is 0 Å². The molecule has 1 N–H and O–H groups in total. The lowest BCUT2D eigenvalue weighted by Crippen LogP contribution is -2.10. The van der Waals surface area contributed by atoms with Gasteiger partial charge in [0.15, 0.2) is 10.1 Å². The van der Waals surface area contributed by atoms with Crippen molar-refractivity contribution < 1.29 is 9.84 Å². The first-order valence-electron chi connectivity index (χ1n) is 5.45. The van der Waals surface area contributed by atoms with E-state index in [-0.39, 0.29) is 5.05 Å². The molecule has 3 nitrogen and oxygen atoms in total. The summed E-state index contributed by atoms with van der Waals surface area (Å²) in [4.78, 5) is 3.37. The van der Waals surface area contributed by atoms with Crippen LogP contribution in [0, 0.1) is 0 Å². The number of rotatable bonds is 1. The largest absolute Gasteiger partial charge is 0.502 e. The maximum absolute atomic E-state index is 7.79. The predicted octanol–water partition coefficient (Wildman–Crippen LogP) is 3.94. The molecule has 1 aromatic rings. The number of aliphatic hydroxyl groups is 1. The molecule has 0 radical (unpaired) electrons. The van der Waals surface area contributed by atoms with Crippen LogP contribution in [0.4, 0.5) is 5.69 Å². The van der Waals surface area contributed by atoms with Crippen molar-refractivity contribution in [3.63, 3.8) is 0 Å². The summed E-state index contributed by atoms with van der Waals surface area (Å²) in [6.07, 6.45) is 1.88. The second-order valence-corrected chi connectivity index (χ2v) is 5.71. The summed E-state index contributed by atoms with van der Waals surface area (Å²) in [5.41, 5.74) is 1.22. The standard InChI is InChI=1S/C11H11NOS2.C2H4OS/c1-12-8-5-3-4-6-9(8)15-10(12)7-11(14)13-2;1-2(3)4/h3-7H,1-2H3;1H3,(H,3,4). The molecule has 0 amide bonds. The van der Waals surface area contributed by atoms with Crippen molar-refractivity contribution in [2.24, 2.45) is 0 Å². The zero-order valence-electron chi connectivity index (χ0n) is 10.9. The monoisotopic (exact) mass is 313 g/mol. The number of nitrogens with zero attached hydrogens (tertiary/aromatic N) is 1. The van der Waals surface area contributed by atoms with E-state index in [4.69, 9.17) is 22.1 Å². The van der Waals surface area contributed by atoms with Crippen molar-refractivity contribution >= 4 is 52.0 Å². The Labute approximate surface area is 128 Å². The van der Waals surface area contributed by atoms with Crippen LogP contribution in [0.3, 0.4) is 0 Å². The molecular weight excluding hydrogens is 298 g/mol. The minimum absolute atomic E-state index is 0.000000000000000222. The van der Waals surface area contributed by atoms with Crippen molar-refractivity contribution in [2.75, 3.05) is 19.1 Å². The van der Waals surface area contributed by atoms with Gasteiger partial charge in [-0.1, -0.05) is 23.9 Å². The fraction of sp³-hybridized carbons (Fsp3) is 0.231. The topological polar surface area (TPSA) is 32.7 Å². The molecule has 0 aliphatic carbocycles. The Bertz CT molecular complexity index is 510. The van der Waals surface area contributed by atoms with Crippen LogP contribution < -0.4 is 4.90 Å². The second-order valence-electron chi connectivity index (χ2n) is 3.65. The highest BCUT2D eigenvalue weighted by Gasteiger charge is 2.21. The van der Waals surface area contributed by atoms with Crippen LogP contribution in [0.1, 0.15) is 6.92 Å². The summed E-state index contributed by atoms with van der Waals surface area (Å²) in [5, 5.41) is 9.40. The number of aliphatic hydroxyl groups excluding tert-OH is 1. The maximum Gasteiger partial charge on any atom is 0.186 e. The SMILES string of the molecule is CC(O)=S.COC(=S)C=C1Sc2ccccc2N1C. The van der Waals surface area contributed by atoms with Gasteiger partial charge in [-0.25, -0.2) is 0 Å². The quantitative estimate of drug-likeness (QED) is 0.625. The molecule has 0 aromatic heterocycles. The molecule has 1 aliphatic rings. The molecule has 1 aromatic carbocycles. The highest BCUT2D eigenvalue weighted by molar-refractivity contribution is 8.03.